The second-order valence-electron chi connectivity index (χ2n) is 8.39. The number of hydrogen-bond donors (Lipinski definition) is 2. The molecule has 30 heavy (non-hydrogen) atoms. The molecule has 1 aromatic carbocycles. The molecule has 1 heterocycles. The van der Waals surface area contributed by atoms with Gasteiger partial charge in [-0.2, -0.15) is 0 Å². The number of hydrogen-bond acceptors (Lipinski definition) is 5. The van der Waals surface area contributed by atoms with Crippen LogP contribution in [-0.2, 0) is 9.59 Å². The maximum absolute atomic E-state index is 12.9. The second kappa shape index (κ2) is 10.7. The van der Waals surface area contributed by atoms with Gasteiger partial charge in [0.1, 0.15) is 11.0 Å². The van der Waals surface area contributed by atoms with E-state index >= 15 is 0 Å². The van der Waals surface area contributed by atoms with E-state index in [1.807, 2.05) is 45.0 Å². The Morgan fingerprint density at radius 2 is 2.00 bits per heavy atom. The third kappa shape index (κ3) is 6.11. The summed E-state index contributed by atoms with van der Waals surface area (Å²) in [5.74, 6) is 0.420. The lowest BCUT2D eigenvalue weighted by molar-refractivity contribution is -0.127. The smallest absolute Gasteiger partial charge is 0.249 e. The first-order valence-corrected chi connectivity index (χ1v) is 11.8. The van der Waals surface area contributed by atoms with Gasteiger partial charge in [0, 0.05) is 12.0 Å². The maximum atomic E-state index is 12.9. The molecule has 1 aliphatic carbocycles. The molecule has 2 amide bonds. The van der Waals surface area contributed by atoms with Crippen molar-refractivity contribution in [2.75, 3.05) is 5.32 Å². The summed E-state index contributed by atoms with van der Waals surface area (Å²) in [6.45, 7) is 6.04. The highest BCUT2D eigenvalue weighted by atomic mass is 32.1. The van der Waals surface area contributed by atoms with Crippen molar-refractivity contribution in [3.63, 3.8) is 0 Å². The Hall–Kier alpha value is -2.28. The van der Waals surface area contributed by atoms with Crippen LogP contribution in [0.3, 0.4) is 0 Å². The number of benzene rings is 1. The minimum atomic E-state index is -0.572. The van der Waals surface area contributed by atoms with E-state index in [0.717, 1.165) is 29.0 Å². The molecule has 2 unspecified atom stereocenters. The van der Waals surface area contributed by atoms with E-state index in [9.17, 15) is 9.59 Å². The quantitative estimate of drug-likeness (QED) is 0.592. The van der Waals surface area contributed by atoms with Gasteiger partial charge >= 0.3 is 0 Å². The highest BCUT2D eigenvalue weighted by molar-refractivity contribution is 7.18. The molecule has 0 bridgehead atoms. The van der Waals surface area contributed by atoms with Gasteiger partial charge in [0.2, 0.25) is 16.9 Å². The van der Waals surface area contributed by atoms with Crippen LogP contribution in [0.15, 0.2) is 24.3 Å². The molecular weight excluding hydrogens is 396 g/mol. The van der Waals surface area contributed by atoms with Crippen molar-refractivity contribution in [1.29, 1.82) is 0 Å². The third-order valence-corrected chi connectivity index (χ3v) is 6.87. The fraction of sp³-hybridized carbons (Fsp3) is 0.565. The number of nitrogens with one attached hydrogen (secondary N) is 2. The molecule has 0 saturated heterocycles. The van der Waals surface area contributed by atoms with Crippen LogP contribution in [0.4, 0.5) is 5.13 Å². The lowest BCUT2D eigenvalue weighted by Gasteiger charge is -2.23. The summed E-state index contributed by atoms with van der Waals surface area (Å²) in [5, 5.41) is 15.4. The molecular formula is C23H32N4O2S. The van der Waals surface area contributed by atoms with E-state index < -0.39 is 6.04 Å². The molecule has 1 aromatic heterocycles. The minimum Gasteiger partial charge on any atom is -0.344 e. The summed E-state index contributed by atoms with van der Waals surface area (Å²) in [6.07, 6.45) is 7.20. The molecule has 7 heteroatoms. The Morgan fingerprint density at radius 1 is 1.23 bits per heavy atom. The summed E-state index contributed by atoms with van der Waals surface area (Å²) >= 11 is 1.34. The molecule has 1 fully saturated rings. The summed E-state index contributed by atoms with van der Waals surface area (Å²) < 4.78 is 0. The molecule has 6 nitrogen and oxygen atoms in total. The van der Waals surface area contributed by atoms with Crippen LogP contribution in [0.1, 0.15) is 64.4 Å². The van der Waals surface area contributed by atoms with Crippen molar-refractivity contribution in [3.05, 3.63) is 29.8 Å². The Bertz CT molecular complexity index is 860. The van der Waals surface area contributed by atoms with Gasteiger partial charge in [0.15, 0.2) is 0 Å². The number of nitrogens with zero attached hydrogens (tertiary/aromatic N) is 2. The molecule has 1 aliphatic rings. The topological polar surface area (TPSA) is 84.0 Å². The van der Waals surface area contributed by atoms with Crippen molar-refractivity contribution < 1.29 is 9.59 Å². The predicted octanol–water partition coefficient (Wildman–Crippen LogP) is 4.95. The molecule has 2 aromatic rings. The Labute approximate surface area is 182 Å². The van der Waals surface area contributed by atoms with E-state index in [4.69, 9.17) is 0 Å². The van der Waals surface area contributed by atoms with Crippen molar-refractivity contribution in [1.82, 2.24) is 15.5 Å². The molecule has 2 atom stereocenters. The average Bonchev–Trinajstić information content (AvgIpc) is 3.42. The summed E-state index contributed by atoms with van der Waals surface area (Å²) in [4.78, 5) is 25.4. The summed E-state index contributed by atoms with van der Waals surface area (Å²) in [6, 6.07) is 7.45. The molecule has 0 radical (unpaired) electrons. The highest BCUT2D eigenvalue weighted by Gasteiger charge is 2.27. The van der Waals surface area contributed by atoms with Crippen LogP contribution in [0.25, 0.3) is 10.6 Å². The van der Waals surface area contributed by atoms with Crippen LogP contribution >= 0.6 is 11.3 Å². The van der Waals surface area contributed by atoms with E-state index in [2.05, 4.69) is 20.8 Å². The zero-order valence-electron chi connectivity index (χ0n) is 18.1. The lowest BCUT2D eigenvalue weighted by atomic mass is 9.97. The maximum Gasteiger partial charge on any atom is 0.249 e. The third-order valence-electron chi connectivity index (χ3n) is 5.99. The lowest BCUT2D eigenvalue weighted by Crippen LogP contribution is -2.47. The first-order valence-electron chi connectivity index (χ1n) is 11.0. The fourth-order valence-electron chi connectivity index (χ4n) is 3.93. The second-order valence-corrected chi connectivity index (χ2v) is 9.37. The van der Waals surface area contributed by atoms with Crippen LogP contribution in [-0.4, -0.2) is 28.1 Å². The fourth-order valence-corrected chi connectivity index (χ4v) is 4.68. The molecule has 162 valence electrons. The van der Waals surface area contributed by atoms with Crippen LogP contribution in [0, 0.1) is 18.8 Å². The van der Waals surface area contributed by atoms with Gasteiger partial charge in [-0.3, -0.25) is 14.9 Å². The van der Waals surface area contributed by atoms with Gasteiger partial charge in [-0.25, -0.2) is 0 Å². The number of rotatable bonds is 9. The first kappa shape index (κ1) is 22.4. The van der Waals surface area contributed by atoms with Crippen molar-refractivity contribution >= 4 is 28.3 Å². The Morgan fingerprint density at radius 3 is 2.70 bits per heavy atom. The Kier molecular flexibility index (Phi) is 7.96. The molecule has 2 N–H and O–H groups in total. The number of anilines is 1. The zero-order chi connectivity index (χ0) is 21.5. The zero-order valence-corrected chi connectivity index (χ0v) is 18.9. The van der Waals surface area contributed by atoms with Gasteiger partial charge in [-0.1, -0.05) is 81.1 Å². The summed E-state index contributed by atoms with van der Waals surface area (Å²) in [7, 11) is 0. The van der Waals surface area contributed by atoms with E-state index in [-0.39, 0.29) is 17.7 Å². The highest BCUT2D eigenvalue weighted by Crippen LogP contribution is 2.29. The van der Waals surface area contributed by atoms with Crippen LogP contribution in [0.5, 0.6) is 0 Å². The van der Waals surface area contributed by atoms with Crippen LogP contribution < -0.4 is 10.6 Å². The molecule has 3 rings (SSSR count). The monoisotopic (exact) mass is 428 g/mol. The van der Waals surface area contributed by atoms with Crippen molar-refractivity contribution in [3.8, 4) is 10.6 Å². The standard InChI is InChI=1S/C23H32N4O2S/c1-4-16(3)20(24-19(28)13-12-17-9-5-6-10-17)21(29)25-23-27-26-22(30-23)18-11-7-8-15(2)14-18/h7-8,11,14,16-17,20H,4-6,9-10,12-13H2,1-3H3,(H,24,28)(H,25,27,29). The molecule has 1 saturated carbocycles. The average molecular weight is 429 g/mol. The van der Waals surface area contributed by atoms with Gasteiger partial charge < -0.3 is 5.32 Å². The number of carbonyl (C=O) groups excluding carboxylic acids is 2. The number of aromatic nitrogens is 2. The summed E-state index contributed by atoms with van der Waals surface area (Å²) in [5.41, 5.74) is 2.12. The van der Waals surface area contributed by atoms with Gasteiger partial charge in [0.25, 0.3) is 0 Å². The normalized spacial score (nSPS) is 16.2. The molecule has 0 aliphatic heterocycles. The molecule has 0 spiro atoms. The van der Waals surface area contributed by atoms with Crippen LogP contribution in [0.2, 0.25) is 0 Å². The van der Waals surface area contributed by atoms with Crippen molar-refractivity contribution in [2.45, 2.75) is 71.8 Å². The number of carbonyl (C=O) groups is 2. The van der Waals surface area contributed by atoms with E-state index in [1.54, 1.807) is 0 Å². The SMILES string of the molecule is CCC(C)C(NC(=O)CCC1CCCC1)C(=O)Nc1nnc(-c2cccc(C)c2)s1. The van der Waals surface area contributed by atoms with Gasteiger partial charge in [-0.05, 0) is 31.2 Å². The first-order chi connectivity index (χ1) is 14.5. The van der Waals surface area contributed by atoms with Gasteiger partial charge in [-0.15, -0.1) is 10.2 Å². The largest absolute Gasteiger partial charge is 0.344 e. The predicted molar refractivity (Wildman–Crippen MR) is 121 cm³/mol. The number of aryl methyl sites for hydroxylation is 1. The minimum absolute atomic E-state index is 0.0320. The number of amides is 2. The van der Waals surface area contributed by atoms with E-state index in [0.29, 0.717) is 17.5 Å². The van der Waals surface area contributed by atoms with E-state index in [1.165, 1.54) is 37.0 Å². The Balaban J connectivity index is 1.60. The van der Waals surface area contributed by atoms with Crippen molar-refractivity contribution in [2.24, 2.45) is 11.8 Å². The van der Waals surface area contributed by atoms with Gasteiger partial charge in [0.05, 0.1) is 0 Å².